The van der Waals surface area contributed by atoms with E-state index < -0.39 is 0 Å². The maximum absolute atomic E-state index is 11.8. The molecular weight excluding hydrogens is 464 g/mol. The van der Waals surface area contributed by atoms with Crippen molar-refractivity contribution in [2.24, 2.45) is 0 Å². The van der Waals surface area contributed by atoms with Crippen LogP contribution in [0.4, 0.5) is 0 Å². The standard InChI is InChI=1S/C32H34O5/c1-20-12-25(16-31(33)34-4)29-9-8-26(17-30(20)29)36-18-23-6-5-7-24(15-23)32-21(2)13-28(14-22(32)3)37-27-10-11-35-19-27/h5-9,13-15,17,25,27H,1,10-12,16,18-19H2,2-4H3/t25-,27?/m1/s1. The Morgan fingerprint density at radius 1 is 1.05 bits per heavy atom. The summed E-state index contributed by atoms with van der Waals surface area (Å²) < 4.78 is 22.6. The molecule has 37 heavy (non-hydrogen) atoms. The highest BCUT2D eigenvalue weighted by Gasteiger charge is 2.28. The van der Waals surface area contributed by atoms with Gasteiger partial charge >= 0.3 is 5.97 Å². The predicted octanol–water partition coefficient (Wildman–Crippen LogP) is 6.78. The second-order valence-corrected chi connectivity index (χ2v) is 10.1. The largest absolute Gasteiger partial charge is 0.489 e. The Bertz CT molecular complexity index is 1300. The Kier molecular flexibility index (Phi) is 7.33. The summed E-state index contributed by atoms with van der Waals surface area (Å²) in [6, 6.07) is 18.8. The summed E-state index contributed by atoms with van der Waals surface area (Å²) in [6.07, 6.45) is 2.22. The molecule has 1 fully saturated rings. The topological polar surface area (TPSA) is 54.0 Å². The molecule has 2 aliphatic rings. The van der Waals surface area contributed by atoms with Crippen LogP contribution in [0.15, 0.2) is 61.2 Å². The van der Waals surface area contributed by atoms with Crippen molar-refractivity contribution in [3.8, 4) is 22.6 Å². The maximum Gasteiger partial charge on any atom is 0.306 e. The lowest BCUT2D eigenvalue weighted by Gasteiger charge is -2.17. The van der Waals surface area contributed by atoms with Crippen LogP contribution in [0.1, 0.15) is 53.0 Å². The molecule has 0 bridgehead atoms. The number of ether oxygens (including phenoxy) is 4. The third kappa shape index (κ3) is 5.57. The van der Waals surface area contributed by atoms with Gasteiger partial charge in [0.2, 0.25) is 0 Å². The van der Waals surface area contributed by atoms with Gasteiger partial charge in [-0.1, -0.05) is 30.8 Å². The minimum atomic E-state index is -0.193. The summed E-state index contributed by atoms with van der Waals surface area (Å²) in [5, 5.41) is 0. The molecule has 0 radical (unpaired) electrons. The van der Waals surface area contributed by atoms with Crippen molar-refractivity contribution < 1.29 is 23.7 Å². The van der Waals surface area contributed by atoms with Gasteiger partial charge in [0.05, 0.1) is 26.7 Å². The normalized spacial score (nSPS) is 18.5. The zero-order valence-electron chi connectivity index (χ0n) is 21.8. The number of aryl methyl sites for hydroxylation is 2. The average molecular weight is 499 g/mol. The minimum absolute atomic E-state index is 0.121. The lowest BCUT2D eigenvalue weighted by atomic mass is 9.94. The zero-order chi connectivity index (χ0) is 25.9. The molecular formula is C32H34O5. The average Bonchev–Trinajstić information content (AvgIpc) is 3.50. The van der Waals surface area contributed by atoms with Crippen LogP contribution >= 0.6 is 0 Å². The maximum atomic E-state index is 11.8. The molecule has 1 heterocycles. The third-order valence-electron chi connectivity index (χ3n) is 7.30. The fraction of sp³-hybridized carbons (Fsp3) is 0.344. The minimum Gasteiger partial charge on any atom is -0.489 e. The summed E-state index contributed by atoms with van der Waals surface area (Å²) >= 11 is 0. The monoisotopic (exact) mass is 498 g/mol. The van der Waals surface area contributed by atoms with Gasteiger partial charge in [-0.15, -0.1) is 0 Å². The van der Waals surface area contributed by atoms with E-state index in [2.05, 4.69) is 62.9 Å². The Morgan fingerprint density at radius 3 is 2.59 bits per heavy atom. The first kappa shape index (κ1) is 25.1. The SMILES string of the molecule is C=C1C[C@H](CC(=O)OC)c2ccc(OCc3cccc(-c4c(C)cc(OC5CCOC5)cc4C)c3)cc21. The summed E-state index contributed by atoms with van der Waals surface area (Å²) in [4.78, 5) is 11.8. The number of carbonyl (C=O) groups excluding carboxylic acids is 1. The van der Waals surface area contributed by atoms with Crippen molar-refractivity contribution in [1.29, 1.82) is 0 Å². The molecule has 0 amide bonds. The van der Waals surface area contributed by atoms with E-state index in [1.165, 1.54) is 29.4 Å². The Labute approximate surface area is 219 Å². The summed E-state index contributed by atoms with van der Waals surface area (Å²) in [6.45, 7) is 10.4. The summed E-state index contributed by atoms with van der Waals surface area (Å²) in [5.41, 5.74) is 9.12. The van der Waals surface area contributed by atoms with Gasteiger partial charge in [-0.2, -0.15) is 0 Å². The van der Waals surface area contributed by atoms with Crippen LogP contribution in [-0.4, -0.2) is 32.4 Å². The number of carbonyl (C=O) groups is 1. The molecule has 3 aromatic carbocycles. The van der Waals surface area contributed by atoms with E-state index in [9.17, 15) is 4.79 Å². The van der Waals surface area contributed by atoms with E-state index in [-0.39, 0.29) is 18.0 Å². The van der Waals surface area contributed by atoms with E-state index in [0.29, 0.717) is 19.6 Å². The molecule has 5 heteroatoms. The van der Waals surface area contributed by atoms with Crippen molar-refractivity contribution in [2.75, 3.05) is 20.3 Å². The summed E-state index contributed by atoms with van der Waals surface area (Å²) in [5.74, 6) is 1.63. The van der Waals surface area contributed by atoms with Crippen LogP contribution in [-0.2, 0) is 20.9 Å². The van der Waals surface area contributed by atoms with Crippen molar-refractivity contribution >= 4 is 11.5 Å². The van der Waals surface area contributed by atoms with Crippen LogP contribution in [0.3, 0.4) is 0 Å². The molecule has 1 aliphatic heterocycles. The molecule has 1 saturated heterocycles. The smallest absolute Gasteiger partial charge is 0.306 e. The van der Waals surface area contributed by atoms with Crippen molar-refractivity contribution in [3.63, 3.8) is 0 Å². The van der Waals surface area contributed by atoms with E-state index in [4.69, 9.17) is 18.9 Å². The van der Waals surface area contributed by atoms with Crippen molar-refractivity contribution in [2.45, 2.75) is 51.7 Å². The molecule has 3 aromatic rings. The molecule has 192 valence electrons. The van der Waals surface area contributed by atoms with Crippen LogP contribution < -0.4 is 9.47 Å². The quantitative estimate of drug-likeness (QED) is 0.321. The second-order valence-electron chi connectivity index (χ2n) is 10.1. The summed E-state index contributed by atoms with van der Waals surface area (Å²) in [7, 11) is 1.43. The highest BCUT2D eigenvalue weighted by atomic mass is 16.5. The molecule has 1 aliphatic carbocycles. The van der Waals surface area contributed by atoms with Crippen molar-refractivity contribution in [1.82, 2.24) is 0 Å². The lowest BCUT2D eigenvalue weighted by Crippen LogP contribution is -2.15. The van der Waals surface area contributed by atoms with Gasteiger partial charge < -0.3 is 18.9 Å². The second kappa shape index (κ2) is 10.8. The molecule has 2 atom stereocenters. The molecule has 0 spiro atoms. The number of allylic oxidation sites excluding steroid dienone is 1. The van der Waals surface area contributed by atoms with Gasteiger partial charge in [0.15, 0.2) is 0 Å². The van der Waals surface area contributed by atoms with E-state index >= 15 is 0 Å². The lowest BCUT2D eigenvalue weighted by molar-refractivity contribution is -0.141. The third-order valence-corrected chi connectivity index (χ3v) is 7.30. The Morgan fingerprint density at radius 2 is 1.86 bits per heavy atom. The highest BCUT2D eigenvalue weighted by Crippen LogP contribution is 2.43. The molecule has 1 unspecified atom stereocenters. The Hall–Kier alpha value is -3.57. The van der Waals surface area contributed by atoms with Gasteiger partial charge in [0.1, 0.15) is 24.2 Å². The number of hydrogen-bond acceptors (Lipinski definition) is 5. The number of fused-ring (bicyclic) bond motifs is 1. The van der Waals surface area contributed by atoms with Crippen LogP contribution in [0, 0.1) is 13.8 Å². The number of rotatable bonds is 8. The van der Waals surface area contributed by atoms with E-state index in [1.54, 1.807) is 0 Å². The van der Waals surface area contributed by atoms with Crippen LogP contribution in [0.25, 0.3) is 16.7 Å². The Balaban J connectivity index is 1.29. The number of methoxy groups -OCH3 is 1. The number of benzene rings is 3. The fourth-order valence-corrected chi connectivity index (χ4v) is 5.50. The molecule has 5 rings (SSSR count). The van der Waals surface area contributed by atoms with Gasteiger partial charge in [-0.05, 0) is 101 Å². The van der Waals surface area contributed by atoms with Crippen molar-refractivity contribution in [3.05, 3.63) is 89.0 Å². The predicted molar refractivity (Wildman–Crippen MR) is 145 cm³/mol. The van der Waals surface area contributed by atoms with Gasteiger partial charge in [0.25, 0.3) is 0 Å². The first-order valence-electron chi connectivity index (χ1n) is 12.9. The molecule has 0 N–H and O–H groups in total. The molecule has 0 saturated carbocycles. The number of esters is 1. The van der Waals surface area contributed by atoms with Gasteiger partial charge in [0, 0.05) is 6.42 Å². The first-order chi connectivity index (χ1) is 17.9. The first-order valence-corrected chi connectivity index (χ1v) is 12.9. The van der Waals surface area contributed by atoms with Gasteiger partial charge in [-0.25, -0.2) is 0 Å². The molecule has 0 aromatic heterocycles. The fourth-order valence-electron chi connectivity index (χ4n) is 5.50. The molecule has 5 nitrogen and oxygen atoms in total. The van der Waals surface area contributed by atoms with Crippen LogP contribution in [0.2, 0.25) is 0 Å². The highest BCUT2D eigenvalue weighted by molar-refractivity contribution is 5.78. The van der Waals surface area contributed by atoms with E-state index in [0.717, 1.165) is 53.2 Å². The zero-order valence-corrected chi connectivity index (χ0v) is 21.8. The van der Waals surface area contributed by atoms with Gasteiger partial charge in [-0.3, -0.25) is 4.79 Å². The number of hydrogen-bond donors (Lipinski definition) is 0. The van der Waals surface area contributed by atoms with E-state index in [1.807, 2.05) is 12.1 Å². The van der Waals surface area contributed by atoms with Crippen LogP contribution in [0.5, 0.6) is 11.5 Å².